The largest absolute Gasteiger partial charge is 0.374 e. The highest BCUT2D eigenvalue weighted by Gasteiger charge is 2.16. The number of aryl methyl sites for hydroxylation is 1. The van der Waals surface area contributed by atoms with Crippen LogP contribution in [0.1, 0.15) is 32.8 Å². The maximum atomic E-state index is 5.89. The van der Waals surface area contributed by atoms with E-state index in [0.717, 1.165) is 32.5 Å². The van der Waals surface area contributed by atoms with Gasteiger partial charge in [0.05, 0.1) is 5.60 Å². The summed E-state index contributed by atoms with van der Waals surface area (Å²) in [6, 6.07) is 10.6. The van der Waals surface area contributed by atoms with E-state index in [1.807, 2.05) is 0 Å². The molecule has 1 aromatic rings. The third kappa shape index (κ3) is 6.44. The summed E-state index contributed by atoms with van der Waals surface area (Å²) < 4.78 is 5.89. The van der Waals surface area contributed by atoms with Crippen molar-refractivity contribution in [2.45, 2.75) is 39.2 Å². The summed E-state index contributed by atoms with van der Waals surface area (Å²) in [6.45, 7) is 9.13. The summed E-state index contributed by atoms with van der Waals surface area (Å²) in [5.41, 5.74) is 1.33. The molecule has 0 amide bonds. The highest BCUT2D eigenvalue weighted by molar-refractivity contribution is 5.14. The van der Waals surface area contributed by atoms with Crippen molar-refractivity contribution < 1.29 is 4.74 Å². The predicted molar refractivity (Wildman–Crippen MR) is 73.3 cm³/mol. The third-order valence-electron chi connectivity index (χ3n) is 2.75. The van der Waals surface area contributed by atoms with E-state index in [9.17, 15) is 0 Å². The second-order valence-electron chi connectivity index (χ2n) is 4.98. The molecule has 0 aliphatic heterocycles. The van der Waals surface area contributed by atoms with E-state index in [2.05, 4.69) is 56.4 Å². The van der Waals surface area contributed by atoms with E-state index >= 15 is 0 Å². The summed E-state index contributed by atoms with van der Waals surface area (Å²) in [5.74, 6) is 0. The standard InChI is InChI=1S/C15H25NO/c1-4-16-13-15(2,3)17-12-8-11-14-9-6-5-7-10-14/h5-7,9-10,16H,4,8,11-13H2,1-3H3. The van der Waals surface area contributed by atoms with Crippen LogP contribution >= 0.6 is 0 Å². The Morgan fingerprint density at radius 2 is 1.88 bits per heavy atom. The summed E-state index contributed by atoms with van der Waals surface area (Å²) in [7, 11) is 0. The van der Waals surface area contributed by atoms with Crippen LogP contribution < -0.4 is 5.32 Å². The van der Waals surface area contributed by atoms with Gasteiger partial charge in [0.25, 0.3) is 0 Å². The van der Waals surface area contributed by atoms with Crippen molar-refractivity contribution in [3.8, 4) is 0 Å². The lowest BCUT2D eigenvalue weighted by molar-refractivity contribution is -0.0169. The number of rotatable bonds is 8. The van der Waals surface area contributed by atoms with Crippen LogP contribution in [0, 0.1) is 0 Å². The average molecular weight is 235 g/mol. The van der Waals surface area contributed by atoms with Gasteiger partial charge in [-0.25, -0.2) is 0 Å². The molecular weight excluding hydrogens is 210 g/mol. The van der Waals surface area contributed by atoms with Crippen molar-refractivity contribution in [3.63, 3.8) is 0 Å². The second kappa shape index (κ2) is 7.46. The number of hydrogen-bond acceptors (Lipinski definition) is 2. The summed E-state index contributed by atoms with van der Waals surface area (Å²) in [5, 5.41) is 3.32. The molecule has 0 aliphatic rings. The summed E-state index contributed by atoms with van der Waals surface area (Å²) in [4.78, 5) is 0. The molecule has 0 atom stereocenters. The van der Waals surface area contributed by atoms with Gasteiger partial charge < -0.3 is 10.1 Å². The van der Waals surface area contributed by atoms with E-state index in [1.165, 1.54) is 5.56 Å². The Bertz CT molecular complexity index is 295. The first kappa shape index (κ1) is 14.2. The zero-order chi connectivity index (χ0) is 12.6. The second-order valence-corrected chi connectivity index (χ2v) is 4.98. The van der Waals surface area contributed by atoms with E-state index < -0.39 is 0 Å². The minimum atomic E-state index is -0.0628. The van der Waals surface area contributed by atoms with Gasteiger partial charge in [0.15, 0.2) is 0 Å². The molecule has 0 unspecified atom stereocenters. The number of benzene rings is 1. The van der Waals surface area contributed by atoms with Crippen molar-refractivity contribution >= 4 is 0 Å². The molecule has 1 N–H and O–H groups in total. The van der Waals surface area contributed by atoms with Gasteiger partial charge in [-0.2, -0.15) is 0 Å². The molecule has 96 valence electrons. The molecule has 0 heterocycles. The smallest absolute Gasteiger partial charge is 0.0750 e. The fourth-order valence-electron chi connectivity index (χ4n) is 1.75. The normalized spacial score (nSPS) is 11.7. The van der Waals surface area contributed by atoms with Crippen molar-refractivity contribution in [1.29, 1.82) is 0 Å². The van der Waals surface area contributed by atoms with E-state index in [4.69, 9.17) is 4.74 Å². The van der Waals surface area contributed by atoms with Crippen LogP contribution in [-0.4, -0.2) is 25.3 Å². The highest BCUT2D eigenvalue weighted by Crippen LogP contribution is 2.09. The number of hydrogen-bond donors (Lipinski definition) is 1. The lowest BCUT2D eigenvalue weighted by atomic mass is 10.1. The molecule has 1 rings (SSSR count). The van der Waals surface area contributed by atoms with Crippen LogP contribution in [0.3, 0.4) is 0 Å². The molecule has 0 aliphatic carbocycles. The average Bonchev–Trinajstić information content (AvgIpc) is 2.34. The lowest BCUT2D eigenvalue weighted by Gasteiger charge is -2.25. The highest BCUT2D eigenvalue weighted by atomic mass is 16.5. The van der Waals surface area contributed by atoms with Gasteiger partial charge in [0.1, 0.15) is 0 Å². The number of nitrogens with one attached hydrogen (secondary N) is 1. The molecular formula is C15H25NO. The van der Waals surface area contributed by atoms with E-state index in [0.29, 0.717) is 0 Å². The Balaban J connectivity index is 2.15. The Morgan fingerprint density at radius 3 is 2.53 bits per heavy atom. The Hall–Kier alpha value is -0.860. The Morgan fingerprint density at radius 1 is 1.18 bits per heavy atom. The molecule has 0 bridgehead atoms. The van der Waals surface area contributed by atoms with Gasteiger partial charge in [0, 0.05) is 13.2 Å². The molecule has 0 radical (unpaired) electrons. The van der Waals surface area contributed by atoms with Gasteiger partial charge in [-0.3, -0.25) is 0 Å². The first-order valence-corrected chi connectivity index (χ1v) is 6.52. The maximum Gasteiger partial charge on any atom is 0.0750 e. The monoisotopic (exact) mass is 235 g/mol. The zero-order valence-electron chi connectivity index (χ0n) is 11.3. The summed E-state index contributed by atoms with van der Waals surface area (Å²) in [6.07, 6.45) is 2.18. The van der Waals surface area contributed by atoms with Gasteiger partial charge >= 0.3 is 0 Å². The maximum absolute atomic E-state index is 5.89. The molecule has 1 aromatic carbocycles. The first-order valence-electron chi connectivity index (χ1n) is 6.52. The quantitative estimate of drug-likeness (QED) is 0.699. The van der Waals surface area contributed by atoms with Crippen LogP contribution in [0.5, 0.6) is 0 Å². The van der Waals surface area contributed by atoms with Crippen LogP contribution in [0.25, 0.3) is 0 Å². The molecule has 0 saturated carbocycles. The van der Waals surface area contributed by atoms with Gasteiger partial charge in [0.2, 0.25) is 0 Å². The van der Waals surface area contributed by atoms with Crippen molar-refractivity contribution in [2.75, 3.05) is 19.7 Å². The minimum absolute atomic E-state index is 0.0628. The topological polar surface area (TPSA) is 21.3 Å². The zero-order valence-corrected chi connectivity index (χ0v) is 11.3. The minimum Gasteiger partial charge on any atom is -0.374 e. The summed E-state index contributed by atoms with van der Waals surface area (Å²) >= 11 is 0. The van der Waals surface area contributed by atoms with Gasteiger partial charge in [-0.05, 0) is 38.8 Å². The number of ether oxygens (including phenoxy) is 1. The number of likely N-dealkylation sites (N-methyl/N-ethyl adjacent to an activating group) is 1. The van der Waals surface area contributed by atoms with Crippen LogP contribution in [-0.2, 0) is 11.2 Å². The first-order chi connectivity index (χ1) is 8.14. The lowest BCUT2D eigenvalue weighted by Crippen LogP contribution is -2.37. The fraction of sp³-hybridized carbons (Fsp3) is 0.600. The predicted octanol–water partition coefficient (Wildman–Crippen LogP) is 3.02. The Labute approximate surface area is 105 Å². The molecule has 2 nitrogen and oxygen atoms in total. The van der Waals surface area contributed by atoms with E-state index in [-0.39, 0.29) is 5.60 Å². The van der Waals surface area contributed by atoms with Crippen LogP contribution in [0.2, 0.25) is 0 Å². The van der Waals surface area contributed by atoms with Crippen molar-refractivity contribution in [2.24, 2.45) is 0 Å². The molecule has 0 fully saturated rings. The van der Waals surface area contributed by atoms with Gasteiger partial charge in [-0.1, -0.05) is 37.3 Å². The van der Waals surface area contributed by atoms with Gasteiger partial charge in [-0.15, -0.1) is 0 Å². The molecule has 0 saturated heterocycles. The molecule has 0 spiro atoms. The van der Waals surface area contributed by atoms with Crippen molar-refractivity contribution in [1.82, 2.24) is 5.32 Å². The fourth-order valence-corrected chi connectivity index (χ4v) is 1.75. The van der Waals surface area contributed by atoms with E-state index in [1.54, 1.807) is 0 Å². The van der Waals surface area contributed by atoms with Crippen molar-refractivity contribution in [3.05, 3.63) is 35.9 Å². The van der Waals surface area contributed by atoms with Crippen LogP contribution in [0.4, 0.5) is 0 Å². The SMILES string of the molecule is CCNCC(C)(C)OCCCc1ccccc1. The molecule has 2 heteroatoms. The molecule has 0 aromatic heterocycles. The molecule has 17 heavy (non-hydrogen) atoms. The third-order valence-corrected chi connectivity index (χ3v) is 2.75. The Kier molecular flexibility index (Phi) is 6.23. The van der Waals surface area contributed by atoms with Crippen LogP contribution in [0.15, 0.2) is 30.3 Å².